The molecule has 0 rings (SSSR count). The largest absolute Gasteiger partial charge is 1.00 e. The van der Waals surface area contributed by atoms with Gasteiger partial charge in [-0.3, -0.25) is 0 Å². The quantitative estimate of drug-likeness (QED) is 0.218. The first-order valence-corrected chi connectivity index (χ1v) is 12.0. The minimum atomic E-state index is -4.38. The molecular weight excluding hydrogens is 359 g/mol. The Morgan fingerprint density at radius 3 is 1.31 bits per heavy atom. The van der Waals surface area contributed by atoms with Gasteiger partial charge in [0, 0.05) is 0 Å². The standard InChI is InChI=1S/C20H42O4S.Na/c1-3-4-5-6-7-8-9-10-11-12-13-14-15-16-17-18-20(19(2)21)25(22,23)24;/h19-21H,3-18H2,1-2H3,(H,22,23,24);/q;+1/p-1. The van der Waals surface area contributed by atoms with Crippen LogP contribution < -0.4 is 29.6 Å². The third kappa shape index (κ3) is 18.2. The van der Waals surface area contributed by atoms with Crippen LogP contribution in [-0.2, 0) is 10.1 Å². The van der Waals surface area contributed by atoms with Gasteiger partial charge in [-0.1, -0.05) is 103 Å². The van der Waals surface area contributed by atoms with E-state index in [1.54, 1.807) is 0 Å². The van der Waals surface area contributed by atoms with Crippen molar-refractivity contribution in [3.63, 3.8) is 0 Å². The van der Waals surface area contributed by atoms with E-state index in [9.17, 15) is 18.1 Å². The van der Waals surface area contributed by atoms with Gasteiger partial charge >= 0.3 is 29.6 Å². The molecule has 0 saturated carbocycles. The molecule has 2 atom stereocenters. The van der Waals surface area contributed by atoms with E-state index in [0.717, 1.165) is 12.8 Å². The third-order valence-electron chi connectivity index (χ3n) is 5.00. The Labute approximate surface area is 185 Å². The summed E-state index contributed by atoms with van der Waals surface area (Å²) in [5.74, 6) is 0. The molecule has 1 N–H and O–H groups in total. The smallest absolute Gasteiger partial charge is 0.748 e. The summed E-state index contributed by atoms with van der Waals surface area (Å²) in [4.78, 5) is 0. The Hall–Kier alpha value is 0.870. The summed E-state index contributed by atoms with van der Waals surface area (Å²) in [5, 5.41) is 8.24. The van der Waals surface area contributed by atoms with Crippen molar-refractivity contribution in [3.8, 4) is 0 Å². The van der Waals surface area contributed by atoms with E-state index in [2.05, 4.69) is 6.92 Å². The molecule has 0 radical (unpaired) electrons. The summed E-state index contributed by atoms with van der Waals surface area (Å²) < 4.78 is 33.1. The minimum Gasteiger partial charge on any atom is -0.748 e. The summed E-state index contributed by atoms with van der Waals surface area (Å²) in [6, 6.07) is 0. The maximum Gasteiger partial charge on any atom is 1.00 e. The first-order chi connectivity index (χ1) is 11.9. The first kappa shape index (κ1) is 29.1. The second-order valence-electron chi connectivity index (χ2n) is 7.51. The van der Waals surface area contributed by atoms with Crippen LogP contribution in [0.3, 0.4) is 0 Å². The topological polar surface area (TPSA) is 77.4 Å². The van der Waals surface area contributed by atoms with Gasteiger partial charge in [-0.2, -0.15) is 0 Å². The SMILES string of the molecule is CCCCCCCCCCCCCCCCCC(C(C)O)S(=O)(=O)[O-].[Na+]. The van der Waals surface area contributed by atoms with E-state index in [1.807, 2.05) is 0 Å². The molecule has 6 heteroatoms. The molecule has 152 valence electrons. The molecule has 0 aromatic carbocycles. The molecule has 0 fully saturated rings. The predicted molar refractivity (Wildman–Crippen MR) is 105 cm³/mol. The van der Waals surface area contributed by atoms with Crippen molar-refractivity contribution in [1.82, 2.24) is 0 Å². The van der Waals surface area contributed by atoms with Crippen LogP contribution in [0.25, 0.3) is 0 Å². The maximum absolute atomic E-state index is 11.0. The van der Waals surface area contributed by atoms with Gasteiger partial charge in [-0.05, 0) is 13.3 Å². The van der Waals surface area contributed by atoms with Crippen molar-refractivity contribution < 1.29 is 47.6 Å². The van der Waals surface area contributed by atoms with Gasteiger partial charge in [0.15, 0.2) is 0 Å². The normalized spacial score (nSPS) is 14.0. The molecule has 0 saturated heterocycles. The Morgan fingerprint density at radius 1 is 0.731 bits per heavy atom. The van der Waals surface area contributed by atoms with Crippen LogP contribution in [0.1, 0.15) is 117 Å². The van der Waals surface area contributed by atoms with Crippen molar-refractivity contribution >= 4 is 10.1 Å². The van der Waals surface area contributed by atoms with Gasteiger partial charge in [0.05, 0.1) is 11.4 Å². The van der Waals surface area contributed by atoms with Crippen LogP contribution in [0.4, 0.5) is 0 Å². The van der Waals surface area contributed by atoms with Gasteiger partial charge in [-0.15, -0.1) is 0 Å². The number of aliphatic hydroxyl groups excluding tert-OH is 1. The summed E-state index contributed by atoms with van der Waals surface area (Å²) >= 11 is 0. The Balaban J connectivity index is 0. The van der Waals surface area contributed by atoms with Crippen molar-refractivity contribution in [1.29, 1.82) is 0 Å². The number of aliphatic hydroxyl groups is 1. The molecule has 26 heavy (non-hydrogen) atoms. The molecule has 0 aliphatic heterocycles. The Kier molecular flexibility index (Phi) is 21.5. The van der Waals surface area contributed by atoms with Crippen LogP contribution in [0.5, 0.6) is 0 Å². The minimum absolute atomic E-state index is 0. The van der Waals surface area contributed by atoms with Crippen LogP contribution in [-0.4, -0.2) is 29.4 Å². The fraction of sp³-hybridized carbons (Fsp3) is 1.00. The predicted octanol–water partition coefficient (Wildman–Crippen LogP) is 2.55. The van der Waals surface area contributed by atoms with Crippen LogP contribution in [0, 0.1) is 0 Å². The van der Waals surface area contributed by atoms with E-state index >= 15 is 0 Å². The number of hydrogen-bond donors (Lipinski definition) is 1. The molecule has 0 aliphatic carbocycles. The summed E-state index contributed by atoms with van der Waals surface area (Å²) in [6.45, 7) is 3.63. The molecule has 4 nitrogen and oxygen atoms in total. The van der Waals surface area contributed by atoms with E-state index in [1.165, 1.54) is 84.0 Å². The van der Waals surface area contributed by atoms with E-state index in [4.69, 9.17) is 0 Å². The van der Waals surface area contributed by atoms with Gasteiger partial charge in [0.2, 0.25) is 0 Å². The molecular formula is C20H41NaO4S. The number of hydrogen-bond acceptors (Lipinski definition) is 4. The second kappa shape index (κ2) is 19.2. The third-order valence-corrected chi connectivity index (χ3v) is 6.37. The number of rotatable bonds is 18. The zero-order chi connectivity index (χ0) is 19.0. The van der Waals surface area contributed by atoms with Gasteiger partial charge in [-0.25, -0.2) is 8.42 Å². The van der Waals surface area contributed by atoms with Gasteiger partial charge < -0.3 is 9.66 Å². The van der Waals surface area contributed by atoms with Gasteiger partial charge in [0.1, 0.15) is 10.1 Å². The molecule has 0 spiro atoms. The van der Waals surface area contributed by atoms with Crippen molar-refractivity contribution in [2.75, 3.05) is 0 Å². The number of unbranched alkanes of at least 4 members (excludes halogenated alkanes) is 14. The Bertz CT molecular complexity index is 385. The summed E-state index contributed by atoms with van der Waals surface area (Å²) in [7, 11) is -4.38. The molecule has 2 unspecified atom stereocenters. The van der Waals surface area contributed by atoms with Crippen molar-refractivity contribution in [2.24, 2.45) is 0 Å². The second-order valence-corrected chi connectivity index (χ2v) is 9.10. The fourth-order valence-electron chi connectivity index (χ4n) is 3.34. The fourth-order valence-corrected chi connectivity index (χ4v) is 4.28. The zero-order valence-corrected chi connectivity index (χ0v) is 20.4. The molecule has 0 aromatic heterocycles. The average molecular weight is 401 g/mol. The molecule has 0 aliphatic rings. The summed E-state index contributed by atoms with van der Waals surface area (Å²) in [6.07, 6.45) is 18.0. The van der Waals surface area contributed by atoms with Crippen LogP contribution in [0.2, 0.25) is 0 Å². The Morgan fingerprint density at radius 2 is 1.04 bits per heavy atom. The zero-order valence-electron chi connectivity index (χ0n) is 17.5. The molecule has 0 amide bonds. The van der Waals surface area contributed by atoms with Crippen LogP contribution >= 0.6 is 0 Å². The monoisotopic (exact) mass is 400 g/mol. The van der Waals surface area contributed by atoms with E-state index in [0.29, 0.717) is 6.42 Å². The van der Waals surface area contributed by atoms with Crippen molar-refractivity contribution in [2.45, 2.75) is 128 Å². The maximum atomic E-state index is 11.0. The molecule has 0 heterocycles. The van der Waals surface area contributed by atoms with Crippen LogP contribution in [0.15, 0.2) is 0 Å². The van der Waals surface area contributed by atoms with Gasteiger partial charge in [0.25, 0.3) is 0 Å². The van der Waals surface area contributed by atoms with Crippen molar-refractivity contribution in [3.05, 3.63) is 0 Å². The van der Waals surface area contributed by atoms with E-state index in [-0.39, 0.29) is 36.0 Å². The molecule has 0 aromatic rings. The summed E-state index contributed by atoms with van der Waals surface area (Å²) in [5.41, 5.74) is 0. The van der Waals surface area contributed by atoms with E-state index < -0.39 is 21.5 Å². The first-order valence-electron chi connectivity index (χ1n) is 10.5. The average Bonchev–Trinajstić information content (AvgIpc) is 2.53. The molecule has 0 bridgehead atoms.